The topological polar surface area (TPSA) is 92.9 Å². The molecule has 2 aromatic heterocycles. The summed E-state index contributed by atoms with van der Waals surface area (Å²) >= 11 is 6.19. The highest BCUT2D eigenvalue weighted by Crippen LogP contribution is 2.36. The Hall–Kier alpha value is -3.52. The van der Waals surface area contributed by atoms with Gasteiger partial charge in [-0.05, 0) is 31.0 Å². The molecular weight excluding hydrogens is 414 g/mol. The molecule has 0 amide bonds. The molecule has 0 spiro atoms. The monoisotopic (exact) mass is 434 g/mol. The van der Waals surface area contributed by atoms with Crippen molar-refractivity contribution < 1.29 is 4.76 Å². The van der Waals surface area contributed by atoms with E-state index in [2.05, 4.69) is 32.8 Å². The normalized spacial score (nSPS) is 16.0. The molecular formula is C22H21ClN7O+. The molecule has 0 fully saturated rings. The molecule has 2 aromatic carbocycles. The first-order valence-corrected chi connectivity index (χ1v) is 10.3. The molecule has 4 aromatic rings. The van der Waals surface area contributed by atoms with E-state index in [4.69, 9.17) is 17.3 Å². The summed E-state index contributed by atoms with van der Waals surface area (Å²) in [6.45, 7) is 5.04. The van der Waals surface area contributed by atoms with E-state index in [0.717, 1.165) is 27.1 Å². The summed E-state index contributed by atoms with van der Waals surface area (Å²) in [7, 11) is 0. The van der Waals surface area contributed by atoms with Gasteiger partial charge in [-0.3, -0.25) is 0 Å². The maximum Gasteiger partial charge on any atom is 0.301 e. The molecule has 0 radical (unpaired) electrons. The predicted octanol–water partition coefficient (Wildman–Crippen LogP) is 4.14. The van der Waals surface area contributed by atoms with Crippen LogP contribution in [0, 0.1) is 18.8 Å². The SMILES string of the molecule is Cc1ccccc1N1Cc2c(C)cccc2[N+](=O)C1Cn1cnc2c(Cl)nc(N)nc21. The quantitative estimate of drug-likeness (QED) is 0.385. The second kappa shape index (κ2) is 7.31. The van der Waals surface area contributed by atoms with E-state index in [0.29, 0.717) is 29.9 Å². The van der Waals surface area contributed by atoms with Crippen molar-refractivity contribution in [1.29, 1.82) is 0 Å². The van der Waals surface area contributed by atoms with Crippen molar-refractivity contribution in [1.82, 2.24) is 19.5 Å². The van der Waals surface area contributed by atoms with Crippen LogP contribution in [0.1, 0.15) is 16.7 Å². The average Bonchev–Trinajstić information content (AvgIpc) is 3.14. The van der Waals surface area contributed by atoms with Gasteiger partial charge in [0.1, 0.15) is 12.1 Å². The Bertz CT molecular complexity index is 1330. The number of fused-ring (bicyclic) bond motifs is 2. The van der Waals surface area contributed by atoms with E-state index < -0.39 is 6.17 Å². The number of nitrogen functional groups attached to an aromatic ring is 1. The summed E-state index contributed by atoms with van der Waals surface area (Å²) in [5.74, 6) is 0.0682. The molecule has 1 aliphatic heterocycles. The van der Waals surface area contributed by atoms with Crippen LogP contribution < -0.4 is 10.6 Å². The number of anilines is 2. The molecule has 0 aliphatic carbocycles. The molecule has 3 heterocycles. The average molecular weight is 435 g/mol. The summed E-state index contributed by atoms with van der Waals surface area (Å²) < 4.78 is 2.89. The summed E-state index contributed by atoms with van der Waals surface area (Å²) in [5, 5.41) is 0.195. The first kappa shape index (κ1) is 19.4. The fraction of sp³-hybridized carbons (Fsp3) is 0.227. The second-order valence-corrected chi connectivity index (χ2v) is 8.09. The third kappa shape index (κ3) is 3.19. The van der Waals surface area contributed by atoms with Crippen LogP contribution >= 0.6 is 11.6 Å². The van der Waals surface area contributed by atoms with Gasteiger partial charge in [-0.25, -0.2) is 4.98 Å². The molecule has 0 saturated heterocycles. The molecule has 9 heteroatoms. The number of nitrogens with two attached hydrogens (primary N) is 1. The van der Waals surface area contributed by atoms with E-state index in [1.165, 1.54) is 0 Å². The number of aromatic nitrogens is 4. The zero-order valence-electron chi connectivity index (χ0n) is 17.2. The van der Waals surface area contributed by atoms with Crippen molar-refractivity contribution in [3.8, 4) is 0 Å². The third-order valence-electron chi connectivity index (χ3n) is 5.81. The minimum atomic E-state index is -0.511. The zero-order valence-corrected chi connectivity index (χ0v) is 17.9. The van der Waals surface area contributed by atoms with Crippen LogP contribution in [-0.2, 0) is 13.1 Å². The van der Waals surface area contributed by atoms with Gasteiger partial charge in [-0.15, -0.1) is 0 Å². The summed E-state index contributed by atoms with van der Waals surface area (Å²) in [6.07, 6.45) is 1.11. The van der Waals surface area contributed by atoms with Gasteiger partial charge in [0.2, 0.25) is 5.95 Å². The number of nitroso groups, excluding NO2 is 1. The van der Waals surface area contributed by atoms with Gasteiger partial charge < -0.3 is 15.2 Å². The highest BCUT2D eigenvalue weighted by molar-refractivity contribution is 6.33. The minimum absolute atomic E-state index is 0.0682. The number of hydrogen-bond acceptors (Lipinski definition) is 6. The van der Waals surface area contributed by atoms with Gasteiger partial charge in [0.25, 0.3) is 5.69 Å². The van der Waals surface area contributed by atoms with Crippen molar-refractivity contribution in [2.75, 3.05) is 10.6 Å². The summed E-state index contributed by atoms with van der Waals surface area (Å²) in [4.78, 5) is 28.4. The zero-order chi connectivity index (χ0) is 21.7. The van der Waals surface area contributed by atoms with Gasteiger partial charge >= 0.3 is 6.17 Å². The van der Waals surface area contributed by atoms with E-state index in [1.54, 1.807) is 10.9 Å². The minimum Gasteiger partial charge on any atom is -0.368 e. The van der Waals surface area contributed by atoms with Gasteiger partial charge in [0, 0.05) is 16.7 Å². The van der Waals surface area contributed by atoms with Crippen LogP contribution in [-0.4, -0.2) is 30.4 Å². The summed E-state index contributed by atoms with van der Waals surface area (Å²) in [5.41, 5.74) is 11.7. The molecule has 31 heavy (non-hydrogen) atoms. The Morgan fingerprint density at radius 1 is 1.13 bits per heavy atom. The number of aryl methyl sites for hydroxylation is 2. The second-order valence-electron chi connectivity index (χ2n) is 7.74. The number of nitrogens with zero attached hydrogens (tertiary/aromatic N) is 6. The molecule has 1 atom stereocenters. The van der Waals surface area contributed by atoms with Gasteiger partial charge in [0.15, 0.2) is 10.8 Å². The van der Waals surface area contributed by atoms with Crippen LogP contribution in [0.5, 0.6) is 0 Å². The highest BCUT2D eigenvalue weighted by Gasteiger charge is 2.42. The Morgan fingerprint density at radius 2 is 1.90 bits per heavy atom. The lowest BCUT2D eigenvalue weighted by molar-refractivity contribution is -0.513. The van der Waals surface area contributed by atoms with Crippen molar-refractivity contribution in [3.63, 3.8) is 0 Å². The first-order chi connectivity index (χ1) is 14.9. The van der Waals surface area contributed by atoms with Crippen molar-refractivity contribution in [3.05, 3.63) is 75.5 Å². The maximum absolute atomic E-state index is 13.6. The van der Waals surface area contributed by atoms with Crippen molar-refractivity contribution >= 4 is 40.1 Å². The molecule has 5 rings (SSSR count). The lowest BCUT2D eigenvalue weighted by Crippen LogP contribution is -2.47. The molecule has 1 unspecified atom stereocenters. The number of benzene rings is 2. The van der Waals surface area contributed by atoms with Crippen molar-refractivity contribution in [2.45, 2.75) is 33.1 Å². The fourth-order valence-corrected chi connectivity index (χ4v) is 4.42. The van der Waals surface area contributed by atoms with Gasteiger partial charge in [-0.1, -0.05) is 41.9 Å². The molecule has 8 nitrogen and oxygen atoms in total. The number of rotatable bonds is 3. The lowest BCUT2D eigenvalue weighted by Gasteiger charge is -2.33. The number of para-hydroxylation sites is 1. The van der Waals surface area contributed by atoms with Crippen LogP contribution in [0.15, 0.2) is 48.8 Å². The molecule has 1 aliphatic rings. The smallest absolute Gasteiger partial charge is 0.301 e. The van der Waals surface area contributed by atoms with Crippen LogP contribution in [0.3, 0.4) is 0 Å². The van der Waals surface area contributed by atoms with E-state index >= 15 is 0 Å². The lowest BCUT2D eigenvalue weighted by atomic mass is 10.0. The largest absolute Gasteiger partial charge is 0.368 e. The fourth-order valence-electron chi connectivity index (χ4n) is 4.20. The van der Waals surface area contributed by atoms with Gasteiger partial charge in [0.05, 0.1) is 23.2 Å². The Labute approximate surface area is 183 Å². The maximum atomic E-state index is 13.6. The van der Waals surface area contributed by atoms with E-state index in [9.17, 15) is 4.91 Å². The van der Waals surface area contributed by atoms with Crippen LogP contribution in [0.25, 0.3) is 11.2 Å². The predicted molar refractivity (Wildman–Crippen MR) is 120 cm³/mol. The number of halogens is 1. The molecule has 0 saturated carbocycles. The van der Waals surface area contributed by atoms with Crippen LogP contribution in [0.2, 0.25) is 5.15 Å². The van der Waals surface area contributed by atoms with Gasteiger partial charge in [-0.2, -0.15) is 9.97 Å². The Kier molecular flexibility index (Phi) is 4.59. The molecule has 0 bridgehead atoms. The number of imidazole rings is 1. The van der Waals surface area contributed by atoms with Crippen LogP contribution in [0.4, 0.5) is 17.3 Å². The highest BCUT2D eigenvalue weighted by atomic mass is 35.5. The van der Waals surface area contributed by atoms with E-state index in [-0.39, 0.29) is 11.1 Å². The van der Waals surface area contributed by atoms with Crippen molar-refractivity contribution in [2.24, 2.45) is 0 Å². The standard InChI is InChI=1S/C22H21ClN7O/c1-13-7-5-9-17-15(13)10-29(16-8-4-3-6-14(16)2)18(30(17)31)11-28-12-25-19-20(23)26-22(24)27-21(19)28/h3-9,12,18H,10-11H2,1-2H3,(H2,24,26,27)/q+1. The third-order valence-corrected chi connectivity index (χ3v) is 6.07. The Balaban J connectivity index is 1.64. The molecule has 2 N–H and O–H groups in total. The summed E-state index contributed by atoms with van der Waals surface area (Å²) in [6, 6.07) is 13.9. The Morgan fingerprint density at radius 3 is 2.71 bits per heavy atom. The number of hydrogen-bond donors (Lipinski definition) is 1. The molecule has 156 valence electrons. The van der Waals surface area contributed by atoms with E-state index in [1.807, 2.05) is 43.3 Å². The first-order valence-electron chi connectivity index (χ1n) is 9.95.